The van der Waals surface area contributed by atoms with Crippen LogP contribution in [0.4, 0.5) is 5.00 Å². The van der Waals surface area contributed by atoms with Gasteiger partial charge in [-0.2, -0.15) is 0 Å². The van der Waals surface area contributed by atoms with E-state index in [0.717, 1.165) is 10.4 Å². The molecular weight excluding hydrogens is 350 g/mol. The molecule has 1 fully saturated rings. The summed E-state index contributed by atoms with van der Waals surface area (Å²) in [6.45, 7) is 3.72. The lowest BCUT2D eigenvalue weighted by Gasteiger charge is -2.16. The number of halogens is 1. The van der Waals surface area contributed by atoms with Gasteiger partial charge in [-0.05, 0) is 18.9 Å². The second-order valence-corrected chi connectivity index (χ2v) is 9.08. The average Bonchev–Trinajstić information content (AvgIpc) is 2.97. The van der Waals surface area contributed by atoms with Crippen LogP contribution in [0.1, 0.15) is 34.1 Å². The van der Waals surface area contributed by atoms with Crippen molar-refractivity contribution in [2.24, 2.45) is 0 Å². The number of thiophene rings is 1. The van der Waals surface area contributed by atoms with Gasteiger partial charge in [0.15, 0.2) is 0 Å². The minimum absolute atomic E-state index is 0.0439. The van der Waals surface area contributed by atoms with Gasteiger partial charge in [-0.15, -0.1) is 11.3 Å². The SMILES string of the molecule is CCc1c(C)sc(N2CC(S(=O)(=O)Cl)CC2=O)c1C(=O)OC. The zero-order valence-corrected chi connectivity index (χ0v) is 14.8. The van der Waals surface area contributed by atoms with E-state index in [4.69, 9.17) is 15.4 Å². The standard InChI is InChI=1S/C13H16ClNO5S2/c1-4-9-7(2)21-12(11(9)13(17)20-3)15-6-8(5-10(15)16)22(14,18)19/h8H,4-6H2,1-3H3. The van der Waals surface area contributed by atoms with Crippen molar-refractivity contribution in [3.8, 4) is 0 Å². The lowest BCUT2D eigenvalue weighted by atomic mass is 10.1. The van der Waals surface area contributed by atoms with E-state index in [1.54, 1.807) is 0 Å². The molecule has 1 aromatic heterocycles. The van der Waals surface area contributed by atoms with Gasteiger partial charge in [0.2, 0.25) is 15.0 Å². The summed E-state index contributed by atoms with van der Waals surface area (Å²) in [6, 6.07) is 0. The molecule has 0 bridgehead atoms. The van der Waals surface area contributed by atoms with E-state index in [1.165, 1.54) is 23.3 Å². The van der Waals surface area contributed by atoms with Gasteiger partial charge in [-0.3, -0.25) is 4.79 Å². The topological polar surface area (TPSA) is 80.8 Å². The fourth-order valence-electron chi connectivity index (χ4n) is 2.55. The Hall–Kier alpha value is -1.12. The first kappa shape index (κ1) is 17.2. The molecule has 1 aliphatic rings. The van der Waals surface area contributed by atoms with Gasteiger partial charge in [0.1, 0.15) is 10.3 Å². The maximum Gasteiger partial charge on any atom is 0.341 e. The van der Waals surface area contributed by atoms with Gasteiger partial charge in [0.05, 0.1) is 12.7 Å². The first-order valence-corrected chi connectivity index (χ1v) is 9.84. The minimum Gasteiger partial charge on any atom is -0.465 e. The molecule has 1 saturated heterocycles. The van der Waals surface area contributed by atoms with E-state index < -0.39 is 20.3 Å². The third-order valence-corrected chi connectivity index (χ3v) is 6.70. The highest BCUT2D eigenvalue weighted by molar-refractivity contribution is 8.14. The fourth-order valence-corrected chi connectivity index (χ4v) is 4.83. The number of hydrogen-bond donors (Lipinski definition) is 0. The summed E-state index contributed by atoms with van der Waals surface area (Å²) in [7, 11) is 2.80. The molecule has 1 unspecified atom stereocenters. The van der Waals surface area contributed by atoms with Crippen molar-refractivity contribution < 1.29 is 22.7 Å². The normalized spacial score (nSPS) is 18.8. The summed E-state index contributed by atoms with van der Waals surface area (Å²) >= 11 is 1.29. The van der Waals surface area contributed by atoms with Crippen LogP contribution >= 0.6 is 22.0 Å². The van der Waals surface area contributed by atoms with Crippen molar-refractivity contribution in [1.29, 1.82) is 0 Å². The number of aryl methyl sites for hydroxylation is 1. The zero-order chi connectivity index (χ0) is 16.7. The van der Waals surface area contributed by atoms with Gasteiger partial charge in [-0.25, -0.2) is 13.2 Å². The second kappa shape index (κ2) is 6.17. The summed E-state index contributed by atoms with van der Waals surface area (Å²) in [5.74, 6) is -0.885. The quantitative estimate of drug-likeness (QED) is 0.602. The molecule has 9 heteroatoms. The van der Waals surface area contributed by atoms with E-state index in [1.807, 2.05) is 13.8 Å². The van der Waals surface area contributed by atoms with Crippen LogP contribution in [0.15, 0.2) is 0 Å². The lowest BCUT2D eigenvalue weighted by molar-refractivity contribution is -0.117. The van der Waals surface area contributed by atoms with E-state index in [2.05, 4.69) is 0 Å². The Morgan fingerprint density at radius 1 is 1.50 bits per heavy atom. The number of rotatable bonds is 4. The van der Waals surface area contributed by atoms with Crippen molar-refractivity contribution in [3.05, 3.63) is 16.0 Å². The Balaban J connectivity index is 2.49. The molecule has 122 valence electrons. The number of esters is 1. The van der Waals surface area contributed by atoms with Crippen molar-refractivity contribution in [1.82, 2.24) is 0 Å². The van der Waals surface area contributed by atoms with Gasteiger partial charge in [0, 0.05) is 28.5 Å². The molecule has 1 atom stereocenters. The molecule has 6 nitrogen and oxygen atoms in total. The number of methoxy groups -OCH3 is 1. The van der Waals surface area contributed by atoms with Crippen LogP contribution in [-0.4, -0.2) is 39.2 Å². The smallest absolute Gasteiger partial charge is 0.341 e. The molecule has 22 heavy (non-hydrogen) atoms. The molecule has 0 aromatic carbocycles. The number of carbonyl (C=O) groups excluding carboxylic acids is 2. The van der Waals surface area contributed by atoms with Crippen LogP contribution in [0.5, 0.6) is 0 Å². The molecule has 2 rings (SSSR count). The monoisotopic (exact) mass is 365 g/mol. The highest BCUT2D eigenvalue weighted by atomic mass is 35.7. The van der Waals surface area contributed by atoms with Crippen LogP contribution in [0.25, 0.3) is 0 Å². The number of amides is 1. The summed E-state index contributed by atoms with van der Waals surface area (Å²) in [5, 5.41) is -0.520. The van der Waals surface area contributed by atoms with Crippen LogP contribution in [0.3, 0.4) is 0 Å². The van der Waals surface area contributed by atoms with Crippen molar-refractivity contribution in [2.45, 2.75) is 31.9 Å². The maximum atomic E-state index is 12.2. The molecule has 0 spiro atoms. The zero-order valence-electron chi connectivity index (χ0n) is 12.4. The Labute approximate surface area is 137 Å². The minimum atomic E-state index is -3.83. The number of ether oxygens (including phenoxy) is 1. The maximum absolute atomic E-state index is 12.2. The molecule has 2 heterocycles. The molecule has 0 saturated carbocycles. The highest BCUT2D eigenvalue weighted by Crippen LogP contribution is 2.39. The summed E-state index contributed by atoms with van der Waals surface area (Å²) in [4.78, 5) is 26.5. The number of anilines is 1. The molecular formula is C13H16ClNO5S2. The van der Waals surface area contributed by atoms with Gasteiger partial charge >= 0.3 is 5.97 Å². The Morgan fingerprint density at radius 2 is 2.14 bits per heavy atom. The first-order valence-electron chi connectivity index (χ1n) is 6.65. The highest BCUT2D eigenvalue weighted by Gasteiger charge is 2.40. The van der Waals surface area contributed by atoms with Gasteiger partial charge in [0.25, 0.3) is 0 Å². The number of nitrogens with zero attached hydrogens (tertiary/aromatic N) is 1. The van der Waals surface area contributed by atoms with Gasteiger partial charge in [-0.1, -0.05) is 6.92 Å². The molecule has 0 radical (unpaired) electrons. The van der Waals surface area contributed by atoms with Gasteiger partial charge < -0.3 is 9.64 Å². The third kappa shape index (κ3) is 3.00. The van der Waals surface area contributed by atoms with E-state index in [0.29, 0.717) is 17.0 Å². The molecule has 0 N–H and O–H groups in total. The Kier molecular flexibility index (Phi) is 4.84. The Morgan fingerprint density at radius 3 is 2.59 bits per heavy atom. The predicted octanol–water partition coefficient (Wildman–Crippen LogP) is 2.08. The predicted molar refractivity (Wildman–Crippen MR) is 85.3 cm³/mol. The third-order valence-electron chi connectivity index (χ3n) is 3.67. The van der Waals surface area contributed by atoms with E-state index >= 15 is 0 Å². The largest absolute Gasteiger partial charge is 0.465 e. The fraction of sp³-hybridized carbons (Fsp3) is 0.538. The molecule has 0 aliphatic carbocycles. The second-order valence-electron chi connectivity index (χ2n) is 4.97. The molecule has 1 aromatic rings. The average molecular weight is 366 g/mol. The Bertz CT molecular complexity index is 725. The van der Waals surface area contributed by atoms with Crippen molar-refractivity contribution in [2.75, 3.05) is 18.6 Å². The number of hydrogen-bond acceptors (Lipinski definition) is 6. The van der Waals surface area contributed by atoms with Crippen LogP contribution in [0, 0.1) is 6.92 Å². The molecule has 1 amide bonds. The van der Waals surface area contributed by atoms with E-state index in [-0.39, 0.29) is 18.9 Å². The van der Waals surface area contributed by atoms with Crippen LogP contribution in [0.2, 0.25) is 0 Å². The summed E-state index contributed by atoms with van der Waals surface area (Å²) in [6.07, 6.45) is 0.441. The van der Waals surface area contributed by atoms with Crippen molar-refractivity contribution in [3.63, 3.8) is 0 Å². The first-order chi connectivity index (χ1) is 10.2. The molecule has 1 aliphatic heterocycles. The summed E-state index contributed by atoms with van der Waals surface area (Å²) in [5.41, 5.74) is 1.16. The van der Waals surface area contributed by atoms with Crippen LogP contribution < -0.4 is 4.90 Å². The number of carbonyl (C=O) groups is 2. The summed E-state index contributed by atoms with van der Waals surface area (Å²) < 4.78 is 27.7. The van der Waals surface area contributed by atoms with Crippen LogP contribution in [-0.2, 0) is 25.0 Å². The van der Waals surface area contributed by atoms with E-state index in [9.17, 15) is 18.0 Å². The lowest BCUT2D eigenvalue weighted by Crippen LogP contribution is -2.27. The van der Waals surface area contributed by atoms with Crippen molar-refractivity contribution >= 4 is 47.9 Å².